The molecule has 0 radical (unpaired) electrons. The molecule has 9 heteroatoms. The van der Waals surface area contributed by atoms with Gasteiger partial charge in [0.2, 0.25) is 5.69 Å². The lowest BCUT2D eigenvalue weighted by atomic mass is 9.81. The molecule has 2 aromatic heterocycles. The van der Waals surface area contributed by atoms with Gasteiger partial charge in [0.1, 0.15) is 0 Å². The van der Waals surface area contributed by atoms with Crippen LogP contribution in [0.1, 0.15) is 68.6 Å². The molecule has 2 aliphatic carbocycles. The van der Waals surface area contributed by atoms with Gasteiger partial charge in [0.25, 0.3) is 6.07 Å². The molecule has 0 bridgehead atoms. The lowest BCUT2D eigenvalue weighted by Crippen LogP contribution is -2.45. The van der Waals surface area contributed by atoms with Crippen molar-refractivity contribution in [3.63, 3.8) is 0 Å². The van der Waals surface area contributed by atoms with E-state index in [1.807, 2.05) is 20.8 Å². The number of carbonyl (C=O) groups excluding carboxylic acids is 1. The lowest BCUT2D eigenvalue weighted by molar-refractivity contribution is -0.911. The van der Waals surface area contributed by atoms with Crippen LogP contribution in [0.15, 0.2) is 66.3 Å². The second-order valence-corrected chi connectivity index (χ2v) is 9.82. The molecule has 0 aromatic carbocycles. The van der Waals surface area contributed by atoms with Crippen LogP contribution < -0.4 is 10.0 Å². The quantitative estimate of drug-likeness (QED) is 0.386. The summed E-state index contributed by atoms with van der Waals surface area (Å²) in [6, 6.07) is 9.91. The van der Waals surface area contributed by atoms with Crippen LogP contribution in [0.3, 0.4) is 0 Å². The Kier molecular flexibility index (Phi) is 7.17. The zero-order valence-electron chi connectivity index (χ0n) is 20.8. The summed E-state index contributed by atoms with van der Waals surface area (Å²) in [5.74, 6) is -0.316. The molecule has 2 heterocycles. The molecular formula is C27H32N6O3+2. The van der Waals surface area contributed by atoms with Crippen molar-refractivity contribution in [1.29, 1.82) is 5.41 Å². The van der Waals surface area contributed by atoms with Crippen molar-refractivity contribution in [2.24, 2.45) is 5.92 Å². The fourth-order valence-electron chi connectivity index (χ4n) is 4.31. The molecule has 4 N–H and O–H groups in total. The van der Waals surface area contributed by atoms with Gasteiger partial charge < -0.3 is 10.4 Å². The maximum atomic E-state index is 13.2. The van der Waals surface area contributed by atoms with Gasteiger partial charge >= 0.3 is 17.8 Å². The van der Waals surface area contributed by atoms with E-state index in [-0.39, 0.29) is 23.2 Å². The molecule has 0 saturated heterocycles. The largest absolute Gasteiger partial charge is 0.390 e. The van der Waals surface area contributed by atoms with Gasteiger partial charge in [-0.15, -0.1) is 0 Å². The third-order valence-corrected chi connectivity index (χ3v) is 6.51. The normalized spacial score (nSPS) is 23.1. The first kappa shape index (κ1) is 25.1. The second-order valence-electron chi connectivity index (χ2n) is 9.82. The van der Waals surface area contributed by atoms with Crippen molar-refractivity contribution in [1.82, 2.24) is 15.1 Å². The SMILES string of the molecule is CC(C)c1cccc(C(=O)NC2=C/C(=C/[N+]#CC3CCC(C)(O)CC3)C(=N)C=C2n2cccn2)[n+]1O. The molecule has 186 valence electrons. The number of nitrogens with zero attached hydrogens (tertiary/aromatic N) is 4. The van der Waals surface area contributed by atoms with Crippen molar-refractivity contribution in [3.05, 3.63) is 82.5 Å². The van der Waals surface area contributed by atoms with Gasteiger partial charge in [0, 0.05) is 35.2 Å². The van der Waals surface area contributed by atoms with Crippen molar-refractivity contribution in [2.75, 3.05) is 0 Å². The van der Waals surface area contributed by atoms with Crippen molar-refractivity contribution in [3.8, 4) is 6.07 Å². The van der Waals surface area contributed by atoms with E-state index in [0.717, 1.165) is 17.6 Å². The average Bonchev–Trinajstić information content (AvgIpc) is 3.36. The molecule has 1 saturated carbocycles. The summed E-state index contributed by atoms with van der Waals surface area (Å²) < 4.78 is 2.47. The molecule has 1 amide bonds. The molecule has 2 aromatic rings. The number of aromatic nitrogens is 3. The number of amides is 1. The molecular weight excluding hydrogens is 456 g/mol. The van der Waals surface area contributed by atoms with Gasteiger partial charge in [-0.25, -0.2) is 4.68 Å². The van der Waals surface area contributed by atoms with Gasteiger partial charge in [-0.05, 0) is 61.7 Å². The molecule has 9 nitrogen and oxygen atoms in total. The summed E-state index contributed by atoms with van der Waals surface area (Å²) in [6.07, 6.45) is 11.2. The summed E-state index contributed by atoms with van der Waals surface area (Å²) in [5.41, 5.74) is 1.74. The fourth-order valence-corrected chi connectivity index (χ4v) is 4.31. The Morgan fingerprint density at radius 2 is 2.08 bits per heavy atom. The van der Waals surface area contributed by atoms with Gasteiger partial charge in [-0.2, -0.15) is 5.10 Å². The Morgan fingerprint density at radius 1 is 1.33 bits per heavy atom. The monoisotopic (exact) mass is 488 g/mol. The fraction of sp³-hybridized carbons (Fsp3) is 0.370. The predicted molar refractivity (Wildman–Crippen MR) is 136 cm³/mol. The van der Waals surface area contributed by atoms with E-state index in [2.05, 4.69) is 21.3 Å². The zero-order valence-corrected chi connectivity index (χ0v) is 20.8. The molecule has 0 spiro atoms. The van der Waals surface area contributed by atoms with Crippen molar-refractivity contribution in [2.45, 2.75) is 58.0 Å². The molecule has 1 fully saturated rings. The van der Waals surface area contributed by atoms with E-state index in [1.165, 1.54) is 0 Å². The topological polar surface area (TPSA) is 119 Å². The molecule has 36 heavy (non-hydrogen) atoms. The lowest BCUT2D eigenvalue weighted by Gasteiger charge is -2.28. The van der Waals surface area contributed by atoms with Gasteiger partial charge in [-0.3, -0.25) is 15.4 Å². The number of allylic oxidation sites excluding steroid dienone is 4. The third-order valence-electron chi connectivity index (χ3n) is 6.51. The second kappa shape index (κ2) is 10.3. The number of aliphatic hydroxyl groups is 1. The molecule has 0 aliphatic heterocycles. The number of hydrogen-bond donors (Lipinski definition) is 4. The van der Waals surface area contributed by atoms with E-state index in [1.54, 1.807) is 59.7 Å². The van der Waals surface area contributed by atoms with E-state index >= 15 is 0 Å². The molecule has 0 atom stereocenters. The first-order chi connectivity index (χ1) is 17.1. The third kappa shape index (κ3) is 5.61. The van der Waals surface area contributed by atoms with E-state index in [0.29, 0.717) is 35.5 Å². The number of pyridine rings is 1. The standard InChI is InChI=1S/C27H31N6O3/c1-18(2)23-6-4-7-24(33(23)36)26(34)31-22-14-20(21(28)15-25(22)32-13-5-12-30-32)17-29-16-19-8-10-27(3,35)11-9-19/h4-7,12-15,17-19,28,35H,8-11H2,1-3H3,(H-,31,34,36)/q+1/p+1/b20-17-,28-21?. The van der Waals surface area contributed by atoms with Crippen molar-refractivity contribution >= 4 is 17.3 Å². The first-order valence-corrected chi connectivity index (χ1v) is 12.1. The zero-order chi connectivity index (χ0) is 25.9. The first-order valence-electron chi connectivity index (χ1n) is 12.1. The van der Waals surface area contributed by atoms with E-state index in [9.17, 15) is 15.1 Å². The maximum Gasteiger partial charge on any atom is 0.325 e. The highest BCUT2D eigenvalue weighted by Crippen LogP contribution is 2.31. The Bertz CT molecular complexity index is 1310. The van der Waals surface area contributed by atoms with E-state index in [4.69, 9.17) is 5.41 Å². The summed E-state index contributed by atoms with van der Waals surface area (Å²) >= 11 is 0. The van der Waals surface area contributed by atoms with Crippen LogP contribution >= 0.6 is 0 Å². The van der Waals surface area contributed by atoms with Crippen LogP contribution in [0.2, 0.25) is 0 Å². The van der Waals surface area contributed by atoms with Crippen LogP contribution in [0, 0.1) is 17.4 Å². The smallest absolute Gasteiger partial charge is 0.325 e. The highest BCUT2D eigenvalue weighted by atomic mass is 16.5. The molecule has 2 aliphatic rings. The summed E-state index contributed by atoms with van der Waals surface area (Å²) in [4.78, 5) is 17.5. The van der Waals surface area contributed by atoms with Crippen LogP contribution in [-0.2, 0) is 0 Å². The summed E-state index contributed by atoms with van der Waals surface area (Å²) in [6.45, 7) is 5.72. The Labute approximate surface area is 210 Å². The molecule has 0 unspecified atom stereocenters. The van der Waals surface area contributed by atoms with Gasteiger partial charge in [0.15, 0.2) is 0 Å². The maximum absolute atomic E-state index is 13.2. The number of nitrogens with one attached hydrogen (secondary N) is 2. The van der Waals surface area contributed by atoms with Gasteiger partial charge in [0.05, 0.1) is 34.2 Å². The minimum absolute atomic E-state index is 0.0237. The highest BCUT2D eigenvalue weighted by molar-refractivity contribution is 6.14. The van der Waals surface area contributed by atoms with Crippen LogP contribution in [0.4, 0.5) is 0 Å². The summed E-state index contributed by atoms with van der Waals surface area (Å²) in [5, 5.41) is 36.3. The molecule has 4 rings (SSSR count). The van der Waals surface area contributed by atoms with Crippen LogP contribution in [-0.4, -0.2) is 37.3 Å². The van der Waals surface area contributed by atoms with Crippen LogP contribution in [0.25, 0.3) is 10.5 Å². The Balaban J connectivity index is 1.61. The van der Waals surface area contributed by atoms with Crippen molar-refractivity contribution < 1.29 is 19.8 Å². The number of carbonyl (C=O) groups is 1. The van der Waals surface area contributed by atoms with E-state index < -0.39 is 11.5 Å². The number of rotatable bonds is 4. The van der Waals surface area contributed by atoms with Crippen LogP contribution in [0.5, 0.6) is 0 Å². The predicted octanol–water partition coefficient (Wildman–Crippen LogP) is 3.88. The average molecular weight is 489 g/mol. The number of hydrogen-bond acceptors (Lipinski definition) is 5. The highest BCUT2D eigenvalue weighted by Gasteiger charge is 2.31. The minimum Gasteiger partial charge on any atom is -0.390 e. The Morgan fingerprint density at radius 3 is 2.75 bits per heavy atom. The van der Waals surface area contributed by atoms with Gasteiger partial charge in [-0.1, -0.05) is 13.8 Å². The minimum atomic E-state index is -0.618. The Hall–Kier alpha value is -4.03. The summed E-state index contributed by atoms with van der Waals surface area (Å²) in [7, 11) is 0.